The molecule has 3 rings (SSSR count). The van der Waals surface area contributed by atoms with Gasteiger partial charge in [0.05, 0.1) is 21.2 Å². The lowest BCUT2D eigenvalue weighted by atomic mass is 10.0. The van der Waals surface area contributed by atoms with Crippen LogP contribution in [0, 0.1) is 0 Å². The monoisotopic (exact) mass is 425 g/mol. The first-order valence-electron chi connectivity index (χ1n) is 8.32. The van der Waals surface area contributed by atoms with Crippen LogP contribution in [0.1, 0.15) is 36.5 Å². The van der Waals surface area contributed by atoms with E-state index in [-0.39, 0.29) is 10.6 Å². The highest BCUT2D eigenvalue weighted by Gasteiger charge is 2.39. The van der Waals surface area contributed by atoms with Gasteiger partial charge < -0.3 is 0 Å². The van der Waals surface area contributed by atoms with Crippen LogP contribution in [-0.2, 0) is 11.0 Å². The first-order chi connectivity index (χ1) is 13.1. The maximum absolute atomic E-state index is 13.1. The molecule has 3 nitrogen and oxygen atoms in total. The van der Waals surface area contributed by atoms with E-state index in [2.05, 4.69) is 13.8 Å². The SMILES string of the molecule is CC(C)c1ccc(/C=C2\SC(=O)N(c3ccc(Cl)c(C(F)(F)F)c3)C2=O)cc1. The molecule has 28 heavy (non-hydrogen) atoms. The summed E-state index contributed by atoms with van der Waals surface area (Å²) in [5, 5.41) is -1.16. The fraction of sp³-hybridized carbons (Fsp3) is 0.200. The van der Waals surface area contributed by atoms with E-state index in [1.807, 2.05) is 24.3 Å². The molecule has 0 bridgehead atoms. The average molecular weight is 426 g/mol. The Kier molecular flexibility index (Phi) is 5.59. The number of carbonyl (C=O) groups excluding carboxylic acids is 2. The Hall–Kier alpha value is -2.25. The van der Waals surface area contributed by atoms with Crippen molar-refractivity contribution in [2.45, 2.75) is 25.9 Å². The molecule has 2 aromatic carbocycles. The topological polar surface area (TPSA) is 37.4 Å². The van der Waals surface area contributed by atoms with Crippen molar-refractivity contribution < 1.29 is 22.8 Å². The van der Waals surface area contributed by atoms with Crippen LogP contribution in [0.3, 0.4) is 0 Å². The number of rotatable bonds is 3. The molecule has 1 saturated heterocycles. The van der Waals surface area contributed by atoms with Gasteiger partial charge in [-0.15, -0.1) is 0 Å². The molecule has 0 radical (unpaired) electrons. The van der Waals surface area contributed by atoms with Gasteiger partial charge in [-0.05, 0) is 53.1 Å². The minimum absolute atomic E-state index is 0.144. The molecule has 0 saturated carbocycles. The summed E-state index contributed by atoms with van der Waals surface area (Å²) in [5.74, 6) is -0.313. The van der Waals surface area contributed by atoms with E-state index >= 15 is 0 Å². The van der Waals surface area contributed by atoms with Gasteiger partial charge in [-0.3, -0.25) is 9.59 Å². The molecular formula is C20H15ClF3NO2S. The second kappa shape index (κ2) is 7.64. The molecule has 1 fully saturated rings. The van der Waals surface area contributed by atoms with Crippen molar-refractivity contribution in [2.75, 3.05) is 4.90 Å². The summed E-state index contributed by atoms with van der Waals surface area (Å²) in [5.41, 5.74) is 0.588. The highest BCUT2D eigenvalue weighted by molar-refractivity contribution is 8.19. The second-order valence-corrected chi connectivity index (χ2v) is 7.90. The van der Waals surface area contributed by atoms with Gasteiger partial charge in [-0.2, -0.15) is 13.2 Å². The first-order valence-corrected chi connectivity index (χ1v) is 9.52. The van der Waals surface area contributed by atoms with Crippen molar-refractivity contribution in [3.8, 4) is 0 Å². The lowest BCUT2D eigenvalue weighted by molar-refractivity contribution is -0.137. The van der Waals surface area contributed by atoms with Gasteiger partial charge in [0.1, 0.15) is 0 Å². The molecule has 2 amide bonds. The molecular weight excluding hydrogens is 411 g/mol. The van der Waals surface area contributed by atoms with Gasteiger partial charge in [0.25, 0.3) is 11.1 Å². The smallest absolute Gasteiger partial charge is 0.268 e. The molecule has 0 atom stereocenters. The van der Waals surface area contributed by atoms with Crippen molar-refractivity contribution in [3.05, 3.63) is 69.1 Å². The third kappa shape index (κ3) is 4.10. The Bertz CT molecular complexity index is 968. The van der Waals surface area contributed by atoms with Gasteiger partial charge in [0, 0.05) is 0 Å². The fourth-order valence-corrected chi connectivity index (χ4v) is 3.75. The van der Waals surface area contributed by atoms with E-state index in [0.29, 0.717) is 23.7 Å². The van der Waals surface area contributed by atoms with Crippen molar-refractivity contribution in [2.24, 2.45) is 0 Å². The van der Waals surface area contributed by atoms with Gasteiger partial charge in [-0.1, -0.05) is 49.7 Å². The standard InChI is InChI=1S/C20H15ClF3NO2S/c1-11(2)13-5-3-12(4-6-13)9-17-18(26)25(19(27)28-17)14-7-8-16(21)15(10-14)20(22,23)24/h3-11H,1-2H3/b17-9-. The number of hydrogen-bond acceptors (Lipinski definition) is 3. The average Bonchev–Trinajstić information content (AvgIpc) is 2.89. The highest BCUT2D eigenvalue weighted by Crippen LogP contribution is 2.40. The van der Waals surface area contributed by atoms with Crippen LogP contribution in [0.2, 0.25) is 5.02 Å². The van der Waals surface area contributed by atoms with Gasteiger partial charge in [0.15, 0.2) is 0 Å². The molecule has 1 aliphatic heterocycles. The fourth-order valence-electron chi connectivity index (χ4n) is 2.69. The summed E-state index contributed by atoms with van der Waals surface area (Å²) in [4.78, 5) is 25.8. The van der Waals surface area contributed by atoms with Crippen LogP contribution in [0.4, 0.5) is 23.7 Å². The lowest BCUT2D eigenvalue weighted by Gasteiger charge is -2.16. The quantitative estimate of drug-likeness (QED) is 0.512. The molecule has 1 heterocycles. The van der Waals surface area contributed by atoms with E-state index in [1.54, 1.807) is 6.08 Å². The van der Waals surface area contributed by atoms with E-state index < -0.39 is 27.9 Å². The Morgan fingerprint density at radius 3 is 2.29 bits per heavy atom. The predicted molar refractivity (Wildman–Crippen MR) is 105 cm³/mol. The van der Waals surface area contributed by atoms with Crippen LogP contribution in [-0.4, -0.2) is 11.1 Å². The Labute approximate surface area is 169 Å². The van der Waals surface area contributed by atoms with E-state index in [4.69, 9.17) is 11.6 Å². The summed E-state index contributed by atoms with van der Waals surface area (Å²) < 4.78 is 39.2. The second-order valence-electron chi connectivity index (χ2n) is 6.50. The lowest BCUT2D eigenvalue weighted by Crippen LogP contribution is -2.28. The summed E-state index contributed by atoms with van der Waals surface area (Å²) in [6.07, 6.45) is -3.14. The molecule has 1 aliphatic rings. The zero-order valence-electron chi connectivity index (χ0n) is 14.9. The van der Waals surface area contributed by atoms with Crippen molar-refractivity contribution in [1.29, 1.82) is 0 Å². The number of amides is 2. The van der Waals surface area contributed by atoms with Crippen LogP contribution in [0.5, 0.6) is 0 Å². The molecule has 2 aromatic rings. The van der Waals surface area contributed by atoms with Crippen molar-refractivity contribution in [1.82, 2.24) is 0 Å². The number of imide groups is 1. The molecule has 0 aromatic heterocycles. The molecule has 0 aliphatic carbocycles. The Balaban J connectivity index is 1.92. The van der Waals surface area contributed by atoms with Gasteiger partial charge in [-0.25, -0.2) is 4.90 Å². The Morgan fingerprint density at radius 2 is 1.71 bits per heavy atom. The number of benzene rings is 2. The number of anilines is 1. The predicted octanol–water partition coefficient (Wildman–Crippen LogP) is 6.72. The Morgan fingerprint density at radius 1 is 1.07 bits per heavy atom. The number of alkyl halides is 3. The summed E-state index contributed by atoms with van der Waals surface area (Å²) >= 11 is 6.29. The van der Waals surface area contributed by atoms with E-state index in [0.717, 1.165) is 22.1 Å². The minimum Gasteiger partial charge on any atom is -0.268 e. The first kappa shape index (κ1) is 20.5. The molecule has 146 valence electrons. The largest absolute Gasteiger partial charge is 0.417 e. The third-order valence-electron chi connectivity index (χ3n) is 4.21. The number of thioether (sulfide) groups is 1. The normalized spacial score (nSPS) is 16.5. The minimum atomic E-state index is -4.69. The molecule has 0 unspecified atom stereocenters. The summed E-state index contributed by atoms with van der Waals surface area (Å²) in [6.45, 7) is 4.11. The van der Waals surface area contributed by atoms with Crippen molar-refractivity contribution >= 4 is 46.3 Å². The molecule has 8 heteroatoms. The highest BCUT2D eigenvalue weighted by atomic mass is 35.5. The zero-order chi connectivity index (χ0) is 20.6. The maximum atomic E-state index is 13.1. The van der Waals surface area contributed by atoms with E-state index in [1.165, 1.54) is 6.07 Å². The summed E-state index contributed by atoms with van der Waals surface area (Å²) in [6, 6.07) is 10.5. The number of halogens is 4. The van der Waals surface area contributed by atoms with Gasteiger partial charge >= 0.3 is 6.18 Å². The zero-order valence-corrected chi connectivity index (χ0v) is 16.5. The van der Waals surface area contributed by atoms with Crippen LogP contribution in [0.15, 0.2) is 47.4 Å². The molecule has 0 spiro atoms. The maximum Gasteiger partial charge on any atom is 0.417 e. The van der Waals surface area contributed by atoms with Crippen LogP contribution < -0.4 is 4.90 Å². The van der Waals surface area contributed by atoms with Gasteiger partial charge in [0.2, 0.25) is 0 Å². The van der Waals surface area contributed by atoms with E-state index in [9.17, 15) is 22.8 Å². The molecule has 0 N–H and O–H groups in total. The van der Waals surface area contributed by atoms with Crippen molar-refractivity contribution in [3.63, 3.8) is 0 Å². The number of nitrogens with zero attached hydrogens (tertiary/aromatic N) is 1. The number of carbonyl (C=O) groups is 2. The number of hydrogen-bond donors (Lipinski definition) is 0. The third-order valence-corrected chi connectivity index (χ3v) is 5.41. The van der Waals surface area contributed by atoms with Crippen LogP contribution in [0.25, 0.3) is 6.08 Å². The van der Waals surface area contributed by atoms with Crippen LogP contribution >= 0.6 is 23.4 Å². The summed E-state index contributed by atoms with van der Waals surface area (Å²) in [7, 11) is 0.